The summed E-state index contributed by atoms with van der Waals surface area (Å²) in [5.41, 5.74) is 1.91. The van der Waals surface area contributed by atoms with Gasteiger partial charge >= 0.3 is 0 Å². The Labute approximate surface area is 123 Å². The average Bonchev–Trinajstić information content (AvgIpc) is 2.93. The van der Waals surface area contributed by atoms with Gasteiger partial charge < -0.3 is 5.84 Å². The molecule has 0 fully saturated rings. The van der Waals surface area contributed by atoms with Gasteiger partial charge in [-0.15, -0.1) is 5.10 Å². The molecule has 0 saturated heterocycles. The second kappa shape index (κ2) is 4.87. The van der Waals surface area contributed by atoms with Gasteiger partial charge in [-0.2, -0.15) is 10.1 Å². The number of hydrogen-bond donors (Lipinski definition) is 2. The van der Waals surface area contributed by atoms with Crippen molar-refractivity contribution in [1.82, 2.24) is 34.5 Å². The summed E-state index contributed by atoms with van der Waals surface area (Å²) in [7, 11) is 0. The van der Waals surface area contributed by atoms with E-state index in [0.717, 1.165) is 11.4 Å². The first-order chi connectivity index (χ1) is 9.54. The molecular weight excluding hydrogens is 296 g/mol. The second-order valence-electron chi connectivity index (χ2n) is 4.25. The van der Waals surface area contributed by atoms with Gasteiger partial charge in [-0.3, -0.25) is 5.10 Å². The summed E-state index contributed by atoms with van der Waals surface area (Å²) >= 11 is 6.38. The summed E-state index contributed by atoms with van der Waals surface area (Å²) in [6.07, 6.45) is 0. The first kappa shape index (κ1) is 13.1. The highest BCUT2D eigenvalue weighted by Gasteiger charge is 2.10. The monoisotopic (exact) mass is 308 g/mol. The number of aromatic nitrogens is 7. The molecule has 10 heteroatoms. The Morgan fingerprint density at radius 1 is 1.40 bits per heavy atom. The van der Waals surface area contributed by atoms with Crippen LogP contribution in [0.3, 0.4) is 0 Å². The molecule has 0 aliphatic heterocycles. The Kier molecular flexibility index (Phi) is 3.18. The Hall–Kier alpha value is -1.94. The molecule has 0 spiro atoms. The summed E-state index contributed by atoms with van der Waals surface area (Å²) in [5.74, 6) is 7.49. The van der Waals surface area contributed by atoms with Gasteiger partial charge in [0.1, 0.15) is 0 Å². The fraction of sp³-hybridized carbons (Fsp3) is 0.300. The van der Waals surface area contributed by atoms with Gasteiger partial charge in [-0.25, -0.2) is 14.2 Å². The number of H-pyrrole nitrogens is 1. The van der Waals surface area contributed by atoms with Crippen LogP contribution in [-0.4, -0.2) is 34.5 Å². The maximum atomic E-state index is 5.73. The van der Waals surface area contributed by atoms with E-state index in [4.69, 9.17) is 18.1 Å². The predicted molar refractivity (Wildman–Crippen MR) is 77.4 cm³/mol. The van der Waals surface area contributed by atoms with Gasteiger partial charge in [0, 0.05) is 11.4 Å². The van der Waals surface area contributed by atoms with E-state index in [-0.39, 0.29) is 0 Å². The minimum absolute atomic E-state index is 0.386. The molecule has 0 aliphatic rings. The molecule has 0 bridgehead atoms. The average molecular weight is 308 g/mol. The molecule has 20 heavy (non-hydrogen) atoms. The third-order valence-electron chi connectivity index (χ3n) is 2.71. The fourth-order valence-electron chi connectivity index (χ4n) is 1.78. The number of nitrogens with two attached hydrogens (primary N) is 1. The maximum Gasteiger partial charge on any atom is 0.253 e. The lowest BCUT2D eigenvalue weighted by molar-refractivity contribution is 0.841. The predicted octanol–water partition coefficient (Wildman–Crippen LogP) is 1.00. The smallest absolute Gasteiger partial charge is 0.253 e. The lowest BCUT2D eigenvalue weighted by Gasteiger charge is -1.97. The van der Waals surface area contributed by atoms with Gasteiger partial charge in [0.05, 0.1) is 5.75 Å². The number of aryl methyl sites for hydroxylation is 2. The summed E-state index contributed by atoms with van der Waals surface area (Å²) in [5, 5.41) is 11.7. The fourth-order valence-corrected chi connectivity index (χ4v) is 2.68. The summed E-state index contributed by atoms with van der Waals surface area (Å²) < 4.78 is 3.44. The van der Waals surface area contributed by atoms with Crippen molar-refractivity contribution in [2.24, 2.45) is 0 Å². The van der Waals surface area contributed by atoms with Gasteiger partial charge in [-0.1, -0.05) is 11.8 Å². The van der Waals surface area contributed by atoms with E-state index in [1.807, 2.05) is 19.9 Å². The number of nitrogens with one attached hydrogen (secondary N) is 1. The van der Waals surface area contributed by atoms with Crippen LogP contribution in [0.5, 0.6) is 0 Å². The van der Waals surface area contributed by atoms with Crippen molar-refractivity contribution in [2.75, 3.05) is 5.84 Å². The van der Waals surface area contributed by atoms with Crippen LogP contribution in [-0.2, 0) is 5.75 Å². The zero-order valence-corrected chi connectivity index (χ0v) is 12.5. The van der Waals surface area contributed by atoms with Crippen LogP contribution in [0.2, 0.25) is 0 Å². The standard InChI is InChI=1S/C10H12N8S2/c1-5-3-6(2)18-8(12-5)13-9(16-18)20-4-7-14-15-10(19)17(7)11/h3H,4,11H2,1-2H3,(H,15,19). The first-order valence-electron chi connectivity index (χ1n) is 5.80. The highest BCUT2D eigenvalue weighted by Crippen LogP contribution is 2.18. The van der Waals surface area contributed by atoms with Gasteiger partial charge in [0.2, 0.25) is 9.93 Å². The van der Waals surface area contributed by atoms with Gasteiger partial charge in [-0.05, 0) is 32.1 Å². The van der Waals surface area contributed by atoms with E-state index in [9.17, 15) is 0 Å². The normalized spacial score (nSPS) is 11.3. The quantitative estimate of drug-likeness (QED) is 0.423. The molecule has 3 rings (SSSR count). The highest BCUT2D eigenvalue weighted by molar-refractivity contribution is 7.98. The topological polar surface area (TPSA) is 103 Å². The van der Waals surface area contributed by atoms with E-state index >= 15 is 0 Å². The maximum absolute atomic E-state index is 5.73. The Bertz CT molecular complexity index is 830. The molecule has 3 heterocycles. The number of thioether (sulfide) groups is 1. The number of fused-ring (bicyclic) bond motifs is 1. The number of nitrogens with zero attached hydrogens (tertiary/aromatic N) is 6. The van der Waals surface area contributed by atoms with E-state index in [1.54, 1.807) is 4.52 Å². The zero-order valence-electron chi connectivity index (χ0n) is 10.9. The third kappa shape index (κ3) is 2.27. The molecule has 3 aromatic heterocycles. The minimum Gasteiger partial charge on any atom is -0.335 e. The van der Waals surface area contributed by atoms with E-state index in [1.165, 1.54) is 16.4 Å². The van der Waals surface area contributed by atoms with Crippen LogP contribution < -0.4 is 5.84 Å². The molecule has 104 valence electrons. The summed E-state index contributed by atoms with van der Waals surface area (Å²) in [6, 6.07) is 1.96. The number of rotatable bonds is 3. The van der Waals surface area contributed by atoms with Gasteiger partial charge in [0.25, 0.3) is 5.78 Å². The summed E-state index contributed by atoms with van der Waals surface area (Å²) in [4.78, 5) is 8.72. The first-order valence-corrected chi connectivity index (χ1v) is 7.19. The summed E-state index contributed by atoms with van der Waals surface area (Å²) in [6.45, 7) is 3.90. The molecule has 0 aromatic carbocycles. The zero-order chi connectivity index (χ0) is 14.3. The van der Waals surface area contributed by atoms with Crippen LogP contribution in [0.1, 0.15) is 17.2 Å². The molecule has 0 unspecified atom stereocenters. The Morgan fingerprint density at radius 2 is 2.20 bits per heavy atom. The molecule has 0 aliphatic carbocycles. The number of nitrogen functional groups attached to an aromatic ring is 1. The third-order valence-corrected chi connectivity index (χ3v) is 3.83. The van der Waals surface area contributed by atoms with Crippen molar-refractivity contribution < 1.29 is 0 Å². The Balaban J connectivity index is 1.86. The minimum atomic E-state index is 0.386. The SMILES string of the molecule is Cc1cc(C)n2nc(SCc3n[nH]c(=S)n3N)nc2n1. The van der Waals surface area contributed by atoms with Crippen molar-refractivity contribution in [3.63, 3.8) is 0 Å². The molecule has 3 aromatic rings. The van der Waals surface area contributed by atoms with Crippen molar-refractivity contribution >= 4 is 29.8 Å². The van der Waals surface area contributed by atoms with Crippen LogP contribution in [0, 0.1) is 18.6 Å². The van der Waals surface area contributed by atoms with Crippen LogP contribution >= 0.6 is 24.0 Å². The van der Waals surface area contributed by atoms with Crippen molar-refractivity contribution in [2.45, 2.75) is 24.8 Å². The molecule has 0 radical (unpaired) electrons. The molecule has 3 N–H and O–H groups in total. The second-order valence-corrected chi connectivity index (χ2v) is 5.58. The highest BCUT2D eigenvalue weighted by atomic mass is 32.2. The number of hydrogen-bond acceptors (Lipinski definition) is 7. The van der Waals surface area contributed by atoms with Crippen LogP contribution in [0.25, 0.3) is 5.78 Å². The van der Waals surface area contributed by atoms with E-state index < -0.39 is 0 Å². The molecule has 0 amide bonds. The largest absolute Gasteiger partial charge is 0.335 e. The van der Waals surface area contributed by atoms with E-state index in [2.05, 4.69) is 25.3 Å². The lowest BCUT2D eigenvalue weighted by atomic mass is 10.4. The van der Waals surface area contributed by atoms with E-state index in [0.29, 0.717) is 27.3 Å². The van der Waals surface area contributed by atoms with Crippen LogP contribution in [0.15, 0.2) is 11.2 Å². The molecular formula is C10H12N8S2. The number of aromatic amines is 1. The lowest BCUT2D eigenvalue weighted by Crippen LogP contribution is -2.11. The van der Waals surface area contributed by atoms with Crippen LogP contribution in [0.4, 0.5) is 0 Å². The Morgan fingerprint density at radius 3 is 2.90 bits per heavy atom. The molecule has 0 saturated carbocycles. The van der Waals surface area contributed by atoms with Crippen molar-refractivity contribution in [1.29, 1.82) is 0 Å². The van der Waals surface area contributed by atoms with Gasteiger partial charge in [0.15, 0.2) is 5.82 Å². The van der Waals surface area contributed by atoms with Crippen molar-refractivity contribution in [3.05, 3.63) is 28.0 Å². The van der Waals surface area contributed by atoms with Crippen molar-refractivity contribution in [3.8, 4) is 0 Å². The molecule has 8 nitrogen and oxygen atoms in total. The molecule has 0 atom stereocenters.